The molecule has 0 saturated carbocycles. The molecule has 0 aliphatic heterocycles. The molecule has 2 aromatic rings. The molecule has 1 aromatic carbocycles. The second-order valence-corrected chi connectivity index (χ2v) is 7.49. The first-order valence-electron chi connectivity index (χ1n) is 8.62. The zero-order chi connectivity index (χ0) is 20.5. The van der Waals surface area contributed by atoms with Crippen LogP contribution in [0.2, 0.25) is 0 Å². The summed E-state index contributed by atoms with van der Waals surface area (Å²) in [7, 11) is 0. The number of nitriles is 1. The molecule has 0 radical (unpaired) electrons. The van der Waals surface area contributed by atoms with Crippen molar-refractivity contribution in [3.63, 3.8) is 0 Å². The van der Waals surface area contributed by atoms with Crippen LogP contribution in [0.15, 0.2) is 29.1 Å². The highest BCUT2D eigenvalue weighted by atomic mass is 127. The lowest BCUT2D eigenvalue weighted by molar-refractivity contribution is -0.136. The number of esters is 1. The fraction of sp³-hybridized carbons (Fsp3) is 0.316. The molecule has 148 valence electrons. The lowest BCUT2D eigenvalue weighted by atomic mass is 10.3. The van der Waals surface area contributed by atoms with Crippen molar-refractivity contribution in [1.82, 2.24) is 4.57 Å². The van der Waals surface area contributed by atoms with Gasteiger partial charge in [-0.1, -0.05) is 22.6 Å². The zero-order valence-electron chi connectivity index (χ0n) is 15.5. The van der Waals surface area contributed by atoms with E-state index in [9.17, 15) is 14.9 Å². The fourth-order valence-corrected chi connectivity index (χ4v) is 3.63. The molecule has 0 saturated heterocycles. The maximum atomic E-state index is 12.6. The molecule has 0 spiro atoms. The smallest absolute Gasteiger partial charge is 0.351 e. The van der Waals surface area contributed by atoms with Crippen molar-refractivity contribution in [3.8, 4) is 11.8 Å². The van der Waals surface area contributed by atoms with E-state index in [4.69, 9.17) is 9.47 Å². The first kappa shape index (κ1) is 22.0. The number of thiazole rings is 1. The van der Waals surface area contributed by atoms with E-state index in [1.54, 1.807) is 20.0 Å². The van der Waals surface area contributed by atoms with Gasteiger partial charge in [0.05, 0.1) is 13.2 Å². The van der Waals surface area contributed by atoms with Crippen LogP contribution >= 0.6 is 33.9 Å². The van der Waals surface area contributed by atoms with Crippen LogP contribution in [-0.4, -0.2) is 28.2 Å². The fourth-order valence-electron chi connectivity index (χ4n) is 2.33. The number of ether oxygens (including phenoxy) is 2. The number of rotatable bonds is 8. The summed E-state index contributed by atoms with van der Waals surface area (Å²) in [6.07, 6.45) is 1.57. The Morgan fingerprint density at radius 3 is 2.64 bits per heavy atom. The van der Waals surface area contributed by atoms with Crippen molar-refractivity contribution in [2.24, 2.45) is 0 Å². The Balaban J connectivity index is 2.39. The molecule has 9 heteroatoms. The van der Waals surface area contributed by atoms with Crippen LogP contribution < -0.4 is 24.8 Å². The molecule has 1 aromatic heterocycles. The van der Waals surface area contributed by atoms with Gasteiger partial charge in [-0.05, 0) is 38.1 Å². The zero-order valence-corrected chi connectivity index (χ0v) is 18.5. The molecule has 0 aliphatic rings. The van der Waals surface area contributed by atoms with Gasteiger partial charge in [0.2, 0.25) is 0 Å². The Labute approximate surface area is 180 Å². The predicted molar refractivity (Wildman–Crippen MR) is 118 cm³/mol. The molecule has 28 heavy (non-hydrogen) atoms. The topological polar surface area (TPSA) is 93.4 Å². The monoisotopic (exact) mass is 513 g/mol. The number of hydrogen-bond acceptors (Lipinski definition) is 7. The van der Waals surface area contributed by atoms with E-state index in [0.717, 1.165) is 27.2 Å². The lowest BCUT2D eigenvalue weighted by Gasteiger charge is -2.05. The van der Waals surface area contributed by atoms with Gasteiger partial charge in [-0.3, -0.25) is 9.36 Å². The first-order valence-corrected chi connectivity index (χ1v) is 11.0. The normalized spacial score (nSPS) is 12.3. The van der Waals surface area contributed by atoms with Gasteiger partial charge >= 0.3 is 5.97 Å². The maximum absolute atomic E-state index is 12.6. The Bertz CT molecular complexity index is 1040. The molecule has 0 unspecified atom stereocenters. The number of nitrogens with one attached hydrogen (secondary N) is 1. The van der Waals surface area contributed by atoms with Crippen LogP contribution in [0.25, 0.3) is 11.8 Å². The summed E-state index contributed by atoms with van der Waals surface area (Å²) in [4.78, 5) is 24.6. The SMILES string of the molecule is CCOC(=O)C(C#N)=c1sc(=CNc2ccc(OCCI)cc2)c(=O)n1CC. The summed E-state index contributed by atoms with van der Waals surface area (Å²) < 4.78 is 13.4. The molecule has 1 N–H and O–H groups in total. The van der Waals surface area contributed by atoms with Gasteiger partial charge in [-0.15, -0.1) is 11.3 Å². The minimum absolute atomic E-state index is 0.157. The molecular formula is C19H20IN3O4S. The van der Waals surface area contributed by atoms with Gasteiger partial charge in [-0.2, -0.15) is 5.26 Å². The number of carbonyl (C=O) groups is 1. The average Bonchev–Trinajstić information content (AvgIpc) is 3.01. The van der Waals surface area contributed by atoms with Crippen molar-refractivity contribution in [2.75, 3.05) is 23.0 Å². The van der Waals surface area contributed by atoms with E-state index >= 15 is 0 Å². The molecule has 0 bridgehead atoms. The summed E-state index contributed by atoms with van der Waals surface area (Å²) in [6, 6.07) is 9.23. The van der Waals surface area contributed by atoms with Crippen molar-refractivity contribution in [3.05, 3.63) is 43.8 Å². The van der Waals surface area contributed by atoms with Crippen molar-refractivity contribution in [1.29, 1.82) is 5.26 Å². The summed E-state index contributed by atoms with van der Waals surface area (Å²) in [5, 5.41) is 12.4. The van der Waals surface area contributed by atoms with E-state index in [1.165, 1.54) is 4.57 Å². The highest BCUT2D eigenvalue weighted by molar-refractivity contribution is 14.1. The Kier molecular flexibility index (Phi) is 8.53. The number of alkyl halides is 1. The van der Waals surface area contributed by atoms with Crippen LogP contribution in [0.4, 0.5) is 5.69 Å². The number of carbonyl (C=O) groups excluding carboxylic acids is 1. The number of nitrogens with zero attached hydrogens (tertiary/aromatic N) is 2. The molecule has 0 fully saturated rings. The standard InChI is InChI=1S/C19H20IN3O4S/c1-3-23-17(24)16(28-18(23)15(11-21)19(25)26-4-2)12-22-13-5-7-14(8-6-13)27-10-9-20/h5-8,12,22H,3-4,9-10H2,1-2H3. The molecule has 2 rings (SSSR count). The van der Waals surface area contributed by atoms with E-state index in [-0.39, 0.29) is 17.7 Å². The van der Waals surface area contributed by atoms with Crippen molar-refractivity contribution in [2.45, 2.75) is 20.4 Å². The van der Waals surface area contributed by atoms with Gasteiger partial charge in [0.15, 0.2) is 5.57 Å². The quantitative estimate of drug-likeness (QED) is 0.329. The van der Waals surface area contributed by atoms with Crippen LogP contribution in [0, 0.1) is 11.3 Å². The number of aromatic nitrogens is 1. The summed E-state index contributed by atoms with van der Waals surface area (Å²) in [6.45, 7) is 4.58. The predicted octanol–water partition coefficient (Wildman–Crippen LogP) is 1.83. The van der Waals surface area contributed by atoms with Crippen LogP contribution in [0.3, 0.4) is 0 Å². The van der Waals surface area contributed by atoms with Crippen LogP contribution in [0.1, 0.15) is 13.8 Å². The average molecular weight is 513 g/mol. The number of anilines is 1. The molecule has 0 amide bonds. The number of hydrogen-bond donors (Lipinski definition) is 1. The second-order valence-electron chi connectivity index (χ2n) is 5.38. The maximum Gasteiger partial charge on any atom is 0.351 e. The van der Waals surface area contributed by atoms with Gasteiger partial charge in [0, 0.05) is 22.9 Å². The van der Waals surface area contributed by atoms with Crippen LogP contribution in [-0.2, 0) is 16.1 Å². The summed E-state index contributed by atoms with van der Waals surface area (Å²) in [5.41, 5.74) is 0.352. The minimum Gasteiger partial charge on any atom is -0.493 e. The number of benzene rings is 1. The summed E-state index contributed by atoms with van der Waals surface area (Å²) in [5.74, 6) is 0.0479. The Hall–Kier alpha value is -2.32. The van der Waals surface area contributed by atoms with Gasteiger partial charge in [-0.25, -0.2) is 4.79 Å². The van der Waals surface area contributed by atoms with Crippen LogP contribution in [0.5, 0.6) is 5.75 Å². The Morgan fingerprint density at radius 1 is 1.36 bits per heavy atom. The lowest BCUT2D eigenvalue weighted by Crippen LogP contribution is -2.32. The highest BCUT2D eigenvalue weighted by Gasteiger charge is 2.16. The van der Waals surface area contributed by atoms with Crippen molar-refractivity contribution >= 4 is 57.4 Å². The van der Waals surface area contributed by atoms with E-state index in [1.807, 2.05) is 30.3 Å². The molecule has 0 aliphatic carbocycles. The minimum atomic E-state index is -0.727. The molecular weight excluding hydrogens is 493 g/mol. The molecule has 1 heterocycles. The Morgan fingerprint density at radius 2 is 2.07 bits per heavy atom. The third kappa shape index (κ3) is 5.36. The highest BCUT2D eigenvalue weighted by Crippen LogP contribution is 2.15. The van der Waals surface area contributed by atoms with Crippen molar-refractivity contribution < 1.29 is 14.3 Å². The summed E-state index contributed by atoms with van der Waals surface area (Å²) >= 11 is 3.32. The van der Waals surface area contributed by atoms with E-state index in [0.29, 0.717) is 22.3 Å². The third-order valence-electron chi connectivity index (χ3n) is 3.60. The van der Waals surface area contributed by atoms with Gasteiger partial charge in [0.1, 0.15) is 21.0 Å². The number of halogens is 1. The van der Waals surface area contributed by atoms with E-state index < -0.39 is 5.97 Å². The first-order chi connectivity index (χ1) is 13.5. The van der Waals surface area contributed by atoms with Gasteiger partial charge in [0.25, 0.3) is 5.56 Å². The molecule has 7 nitrogen and oxygen atoms in total. The largest absolute Gasteiger partial charge is 0.493 e. The second kappa shape index (κ2) is 10.9. The van der Waals surface area contributed by atoms with E-state index in [2.05, 4.69) is 27.9 Å². The molecule has 0 atom stereocenters. The third-order valence-corrected chi connectivity index (χ3v) is 5.17. The van der Waals surface area contributed by atoms with Gasteiger partial charge < -0.3 is 14.8 Å².